The van der Waals surface area contributed by atoms with Crippen molar-refractivity contribution in [2.45, 2.75) is 59.6 Å². The number of hydrogen-bond acceptors (Lipinski definition) is 5. The van der Waals surface area contributed by atoms with Gasteiger partial charge in [0, 0.05) is 24.9 Å². The lowest BCUT2D eigenvalue weighted by atomic mass is 9.96. The number of aryl methyl sites for hydroxylation is 1. The molecule has 1 aromatic rings. The number of allylic oxidation sites excluding steroid dienone is 2. The van der Waals surface area contributed by atoms with Crippen LogP contribution >= 0.6 is 7.60 Å². The van der Waals surface area contributed by atoms with Gasteiger partial charge in [-0.2, -0.15) is 0 Å². The van der Waals surface area contributed by atoms with E-state index in [9.17, 15) is 19.0 Å². The second kappa shape index (κ2) is 10.9. The quantitative estimate of drug-likeness (QED) is 0.308. The van der Waals surface area contributed by atoms with Crippen LogP contribution in [0.5, 0.6) is 0 Å². The van der Waals surface area contributed by atoms with Gasteiger partial charge in [0.1, 0.15) is 0 Å². The molecule has 1 aromatic heterocycles. The van der Waals surface area contributed by atoms with Gasteiger partial charge in [0.2, 0.25) is 0 Å². The van der Waals surface area contributed by atoms with Crippen LogP contribution in [-0.4, -0.2) is 39.4 Å². The van der Waals surface area contributed by atoms with Crippen LogP contribution in [0, 0.1) is 12.8 Å². The second-order valence-corrected chi connectivity index (χ2v) is 9.81. The van der Waals surface area contributed by atoms with E-state index in [0.29, 0.717) is 24.5 Å². The van der Waals surface area contributed by atoms with Crippen LogP contribution in [0.2, 0.25) is 0 Å². The zero-order valence-electron chi connectivity index (χ0n) is 17.4. The Hall–Kier alpha value is -1.47. The highest BCUT2D eigenvalue weighted by atomic mass is 31.2. The highest BCUT2D eigenvalue weighted by Gasteiger charge is 2.20. The van der Waals surface area contributed by atoms with Gasteiger partial charge in [-0.1, -0.05) is 26.0 Å². The van der Waals surface area contributed by atoms with Crippen molar-refractivity contribution in [1.82, 2.24) is 9.55 Å². The molecule has 1 unspecified atom stereocenters. The van der Waals surface area contributed by atoms with E-state index >= 15 is 0 Å². The summed E-state index contributed by atoms with van der Waals surface area (Å²) in [4.78, 5) is 35.0. The van der Waals surface area contributed by atoms with Crippen LogP contribution in [0.3, 0.4) is 0 Å². The average molecular weight is 416 g/mol. The van der Waals surface area contributed by atoms with Crippen LogP contribution in [0.25, 0.3) is 0 Å². The molecule has 0 spiro atoms. The molecule has 1 rings (SSSR count). The minimum absolute atomic E-state index is 0.137. The number of H-pyrrole nitrogens is 1. The Morgan fingerprint density at radius 1 is 1.29 bits per heavy atom. The van der Waals surface area contributed by atoms with E-state index in [2.05, 4.69) is 18.8 Å². The molecule has 0 aromatic carbocycles. The van der Waals surface area contributed by atoms with Gasteiger partial charge in [-0.3, -0.25) is 18.9 Å². The molecule has 0 saturated heterocycles. The first-order chi connectivity index (χ1) is 12.9. The molecule has 28 heavy (non-hydrogen) atoms. The Morgan fingerprint density at radius 3 is 2.61 bits per heavy atom. The lowest BCUT2D eigenvalue weighted by Crippen LogP contribution is -2.30. The summed E-state index contributed by atoms with van der Waals surface area (Å²) < 4.78 is 24.2. The van der Waals surface area contributed by atoms with E-state index in [-0.39, 0.29) is 24.9 Å². The average Bonchev–Trinajstić information content (AvgIpc) is 2.54. The Morgan fingerprint density at radius 2 is 1.96 bits per heavy atom. The Labute approximate surface area is 166 Å². The number of aromatic nitrogens is 2. The molecule has 160 valence electrons. The Balaban J connectivity index is 2.35. The molecule has 0 aliphatic heterocycles. The Kier molecular flexibility index (Phi) is 9.57. The number of aromatic amines is 1. The molecule has 1 atom stereocenters. The highest BCUT2D eigenvalue weighted by molar-refractivity contribution is 7.53. The maximum absolute atomic E-state index is 12.0. The summed E-state index contributed by atoms with van der Waals surface area (Å²) >= 11 is 0. The van der Waals surface area contributed by atoms with Crippen molar-refractivity contribution in [3.05, 3.63) is 44.8 Å². The van der Waals surface area contributed by atoms with Crippen molar-refractivity contribution in [1.29, 1.82) is 0 Å². The van der Waals surface area contributed by atoms with E-state index in [1.165, 1.54) is 16.8 Å². The van der Waals surface area contributed by atoms with Crippen LogP contribution in [-0.2, 0) is 20.4 Å². The lowest BCUT2D eigenvalue weighted by Gasteiger charge is -2.27. The summed E-state index contributed by atoms with van der Waals surface area (Å²) in [6.07, 6.45) is 5.85. The maximum atomic E-state index is 12.0. The fourth-order valence-electron chi connectivity index (χ4n) is 2.86. The molecular weight excluding hydrogens is 383 g/mol. The lowest BCUT2D eigenvalue weighted by molar-refractivity contribution is -0.0351. The molecule has 0 aliphatic carbocycles. The minimum Gasteiger partial charge on any atom is -0.375 e. The number of nitrogens with zero attached hydrogens (tertiary/aromatic N) is 1. The predicted octanol–water partition coefficient (Wildman–Crippen LogP) is 2.83. The first kappa shape index (κ1) is 24.6. The van der Waals surface area contributed by atoms with Crippen LogP contribution in [0.15, 0.2) is 27.9 Å². The predicted molar refractivity (Wildman–Crippen MR) is 110 cm³/mol. The van der Waals surface area contributed by atoms with Gasteiger partial charge >= 0.3 is 13.3 Å². The second-order valence-electron chi connectivity index (χ2n) is 7.91. The molecule has 1 heterocycles. The van der Waals surface area contributed by atoms with E-state index in [0.717, 1.165) is 6.42 Å². The summed E-state index contributed by atoms with van der Waals surface area (Å²) in [7, 11) is -3.73. The first-order valence-electron chi connectivity index (χ1n) is 9.47. The largest absolute Gasteiger partial charge is 0.375 e. The van der Waals surface area contributed by atoms with Gasteiger partial charge in [-0.15, -0.1) is 0 Å². The third kappa shape index (κ3) is 9.64. The number of rotatable bonds is 12. The smallest absolute Gasteiger partial charge is 0.331 e. The molecule has 9 heteroatoms. The van der Waals surface area contributed by atoms with Crippen molar-refractivity contribution in [3.8, 4) is 0 Å². The summed E-state index contributed by atoms with van der Waals surface area (Å²) in [5, 5.41) is 0. The van der Waals surface area contributed by atoms with Gasteiger partial charge in [0.25, 0.3) is 5.56 Å². The zero-order chi connectivity index (χ0) is 21.4. The number of ether oxygens (including phenoxy) is 1. The third-order valence-electron chi connectivity index (χ3n) is 3.97. The molecular formula is C19H33N2O6P. The standard InChI is InChI=1S/C19H33N2O6P/c1-15(2)13-19(4,5)26-10-8-11-27-28(24,25)12-7-6-9-21-14-16(3)17(22)20-18(21)23/h6-7,14-15H,8-13H2,1-5H3,(H,24,25)(H,20,22,23)/b7-6+. The van der Waals surface area contributed by atoms with E-state index < -0.39 is 18.8 Å². The summed E-state index contributed by atoms with van der Waals surface area (Å²) in [5.41, 5.74) is -0.750. The van der Waals surface area contributed by atoms with E-state index in [1.54, 1.807) is 13.0 Å². The number of nitrogens with one attached hydrogen (secondary N) is 1. The van der Waals surface area contributed by atoms with Gasteiger partial charge in [0.05, 0.1) is 18.4 Å². The SMILES string of the molecule is Cc1cn(C/C=C/CP(=O)(O)OCCCOC(C)(C)CC(C)C)c(=O)[nH]c1=O. The normalized spacial score (nSPS) is 14.7. The van der Waals surface area contributed by atoms with Crippen LogP contribution in [0.1, 0.15) is 46.1 Å². The molecule has 0 aliphatic rings. The number of hydrogen-bond donors (Lipinski definition) is 2. The molecule has 0 saturated carbocycles. The van der Waals surface area contributed by atoms with Gasteiger partial charge in [-0.05, 0) is 39.5 Å². The van der Waals surface area contributed by atoms with Crippen molar-refractivity contribution < 1.29 is 18.7 Å². The first-order valence-corrected chi connectivity index (χ1v) is 11.2. The van der Waals surface area contributed by atoms with Crippen molar-refractivity contribution >= 4 is 7.60 Å². The molecule has 2 N–H and O–H groups in total. The zero-order valence-corrected chi connectivity index (χ0v) is 18.3. The third-order valence-corrected chi connectivity index (χ3v) is 5.23. The monoisotopic (exact) mass is 416 g/mol. The van der Waals surface area contributed by atoms with Gasteiger partial charge in [-0.25, -0.2) is 4.79 Å². The van der Waals surface area contributed by atoms with E-state index in [1.807, 2.05) is 13.8 Å². The molecule has 0 bridgehead atoms. The summed E-state index contributed by atoms with van der Waals surface area (Å²) in [6.45, 7) is 10.7. The van der Waals surface area contributed by atoms with Crippen LogP contribution in [0.4, 0.5) is 0 Å². The van der Waals surface area contributed by atoms with Crippen LogP contribution < -0.4 is 11.2 Å². The van der Waals surface area contributed by atoms with Crippen molar-refractivity contribution in [2.24, 2.45) is 5.92 Å². The van der Waals surface area contributed by atoms with E-state index in [4.69, 9.17) is 9.26 Å². The minimum atomic E-state index is -3.73. The van der Waals surface area contributed by atoms with Gasteiger partial charge in [0.15, 0.2) is 0 Å². The summed E-state index contributed by atoms with van der Waals surface area (Å²) in [5.74, 6) is 0.534. The maximum Gasteiger partial charge on any atom is 0.331 e. The Bertz CT molecular complexity index is 809. The molecule has 8 nitrogen and oxygen atoms in total. The fourth-order valence-corrected chi connectivity index (χ4v) is 3.79. The highest BCUT2D eigenvalue weighted by Crippen LogP contribution is 2.41. The van der Waals surface area contributed by atoms with Gasteiger partial charge < -0.3 is 14.2 Å². The van der Waals surface area contributed by atoms with Crippen molar-refractivity contribution in [2.75, 3.05) is 19.4 Å². The van der Waals surface area contributed by atoms with Crippen molar-refractivity contribution in [3.63, 3.8) is 0 Å². The fraction of sp³-hybridized carbons (Fsp3) is 0.684. The molecule has 0 fully saturated rings. The molecule has 0 amide bonds. The topological polar surface area (TPSA) is 111 Å². The molecule has 0 radical (unpaired) electrons. The summed E-state index contributed by atoms with van der Waals surface area (Å²) in [6, 6.07) is 0.